The number of aromatic amines is 1. The van der Waals surface area contributed by atoms with Crippen molar-refractivity contribution in [2.45, 2.75) is 25.0 Å². The van der Waals surface area contributed by atoms with Crippen LogP contribution in [-0.4, -0.2) is 50.1 Å². The summed E-state index contributed by atoms with van der Waals surface area (Å²) < 4.78 is 31.1. The molecule has 0 unspecified atom stereocenters. The molecule has 31 heavy (non-hydrogen) atoms. The quantitative estimate of drug-likeness (QED) is 0.503. The van der Waals surface area contributed by atoms with Gasteiger partial charge >= 0.3 is 0 Å². The van der Waals surface area contributed by atoms with Gasteiger partial charge in [-0.3, -0.25) is 14.2 Å². The number of imidazole rings is 1. The summed E-state index contributed by atoms with van der Waals surface area (Å²) in [5.41, 5.74) is 2.19. The van der Waals surface area contributed by atoms with E-state index in [9.17, 15) is 13.2 Å². The second-order valence-corrected chi connectivity index (χ2v) is 9.21. The summed E-state index contributed by atoms with van der Waals surface area (Å²) in [4.78, 5) is 21.9. The summed E-state index contributed by atoms with van der Waals surface area (Å²) in [7, 11) is -2.11. The van der Waals surface area contributed by atoms with Crippen molar-refractivity contribution in [1.29, 1.82) is 0 Å². The lowest BCUT2D eigenvalue weighted by Crippen LogP contribution is -2.38. The number of rotatable bonds is 4. The molecule has 0 saturated carbocycles. The molecule has 160 valence electrons. The van der Waals surface area contributed by atoms with Crippen LogP contribution in [0.15, 0.2) is 47.6 Å². The molecule has 0 fully saturated rings. The Kier molecular flexibility index (Phi) is 4.36. The van der Waals surface area contributed by atoms with Crippen LogP contribution in [-0.2, 0) is 30.2 Å². The largest absolute Gasteiger partial charge is 0.351 e. The van der Waals surface area contributed by atoms with Crippen LogP contribution >= 0.6 is 0 Å². The van der Waals surface area contributed by atoms with E-state index in [1.807, 2.05) is 30.3 Å². The van der Waals surface area contributed by atoms with Gasteiger partial charge in [-0.05, 0) is 19.1 Å². The first-order chi connectivity index (χ1) is 14.8. The Labute approximate surface area is 178 Å². The number of fused-ring (bicyclic) bond motifs is 2. The molecule has 0 spiro atoms. The van der Waals surface area contributed by atoms with E-state index >= 15 is 0 Å². The molecule has 3 aromatic heterocycles. The second kappa shape index (κ2) is 6.98. The van der Waals surface area contributed by atoms with E-state index in [0.29, 0.717) is 31.2 Å². The number of nitrogens with zero attached hydrogens (tertiary/aromatic N) is 5. The summed E-state index contributed by atoms with van der Waals surface area (Å²) in [5, 5.41) is 5.26. The normalized spacial score (nSPS) is 14.1. The zero-order chi connectivity index (χ0) is 21.8. The maximum atomic E-state index is 13.0. The summed E-state index contributed by atoms with van der Waals surface area (Å²) >= 11 is 0. The van der Waals surface area contributed by atoms with Crippen LogP contribution in [0.3, 0.4) is 0 Å². The van der Waals surface area contributed by atoms with Crippen LogP contribution in [0.4, 0.5) is 5.82 Å². The Bertz CT molecular complexity index is 1360. The zero-order valence-electron chi connectivity index (χ0n) is 17.0. The van der Waals surface area contributed by atoms with Gasteiger partial charge in [0.15, 0.2) is 10.8 Å². The van der Waals surface area contributed by atoms with E-state index in [4.69, 9.17) is 0 Å². The van der Waals surface area contributed by atoms with Gasteiger partial charge in [0.2, 0.25) is 0 Å². The van der Waals surface area contributed by atoms with Crippen molar-refractivity contribution < 1.29 is 13.2 Å². The number of aromatic nitrogens is 5. The molecule has 0 atom stereocenters. The highest BCUT2D eigenvalue weighted by Crippen LogP contribution is 2.22. The van der Waals surface area contributed by atoms with Crippen LogP contribution in [0.1, 0.15) is 22.0 Å². The van der Waals surface area contributed by atoms with Crippen molar-refractivity contribution in [2.24, 2.45) is 7.05 Å². The summed E-state index contributed by atoms with van der Waals surface area (Å²) in [5.74, 6) is 0.698. The number of H-pyrrole nitrogens is 1. The fourth-order valence-corrected chi connectivity index (χ4v) is 4.72. The van der Waals surface area contributed by atoms with Gasteiger partial charge in [0.1, 0.15) is 11.5 Å². The molecule has 1 aliphatic rings. The molecular formula is C20H21N7O3S. The van der Waals surface area contributed by atoms with Crippen LogP contribution in [0.2, 0.25) is 0 Å². The molecule has 0 bridgehead atoms. The number of carbonyl (C=O) groups excluding carboxylic acids is 1. The van der Waals surface area contributed by atoms with Gasteiger partial charge < -0.3 is 14.5 Å². The number of anilines is 1. The van der Waals surface area contributed by atoms with Crippen LogP contribution < -0.4 is 4.72 Å². The highest BCUT2D eigenvalue weighted by molar-refractivity contribution is 7.92. The van der Waals surface area contributed by atoms with Crippen LogP contribution in [0, 0.1) is 6.92 Å². The minimum atomic E-state index is -3.85. The van der Waals surface area contributed by atoms with E-state index in [2.05, 4.69) is 19.8 Å². The first-order valence-corrected chi connectivity index (χ1v) is 11.2. The maximum Gasteiger partial charge on any atom is 0.282 e. The fourth-order valence-electron chi connectivity index (χ4n) is 3.69. The molecule has 4 heterocycles. The zero-order valence-corrected chi connectivity index (χ0v) is 17.8. The van der Waals surface area contributed by atoms with Crippen molar-refractivity contribution in [3.8, 4) is 0 Å². The molecule has 0 radical (unpaired) electrons. The smallest absolute Gasteiger partial charge is 0.282 e. The van der Waals surface area contributed by atoms with Crippen molar-refractivity contribution in [2.75, 3.05) is 11.3 Å². The SMILES string of the molecule is Cc1nc(S(=O)(=O)Nc2cc3n(n2)CCN(C(=O)c2cc4ccccc4[nH]2)C3)cn1C. The number of para-hydroxylation sites is 1. The van der Waals surface area contributed by atoms with E-state index in [1.165, 1.54) is 6.20 Å². The lowest BCUT2D eigenvalue weighted by molar-refractivity contribution is 0.0701. The molecule has 0 aliphatic carbocycles. The van der Waals surface area contributed by atoms with E-state index in [1.54, 1.807) is 34.2 Å². The topological polar surface area (TPSA) is 118 Å². The summed E-state index contributed by atoms with van der Waals surface area (Å²) in [6, 6.07) is 11.2. The number of hydrogen-bond acceptors (Lipinski definition) is 5. The van der Waals surface area contributed by atoms with Gasteiger partial charge in [-0.15, -0.1) is 0 Å². The Morgan fingerprint density at radius 1 is 1.19 bits per heavy atom. The predicted octanol–water partition coefficient (Wildman–Crippen LogP) is 1.86. The molecule has 5 rings (SSSR count). The van der Waals surface area contributed by atoms with Crippen molar-refractivity contribution in [1.82, 2.24) is 29.2 Å². The fraction of sp³-hybridized carbons (Fsp3) is 0.250. The average Bonchev–Trinajstić information content (AvgIpc) is 3.43. The van der Waals surface area contributed by atoms with Gasteiger partial charge in [0.05, 0.1) is 18.8 Å². The standard InChI is InChI=1S/C20H21N7O3S/c1-13-21-19(12-25(13)2)31(29,30)24-18-10-15-11-26(7-8-27(15)23-18)20(28)17-9-14-5-3-4-6-16(14)22-17/h3-6,9-10,12,22H,7-8,11H2,1-2H3,(H,23,24). The Hall–Kier alpha value is -3.60. The minimum absolute atomic E-state index is 0.0610. The predicted molar refractivity (Wildman–Crippen MR) is 114 cm³/mol. The van der Waals surface area contributed by atoms with Crippen LogP contribution in [0.5, 0.6) is 0 Å². The molecule has 2 N–H and O–H groups in total. The molecule has 11 heteroatoms. The van der Waals surface area contributed by atoms with Crippen molar-refractivity contribution in [3.05, 3.63) is 59.8 Å². The number of aryl methyl sites for hydroxylation is 2. The molecule has 4 aromatic rings. The highest BCUT2D eigenvalue weighted by atomic mass is 32.2. The third kappa shape index (κ3) is 3.46. The maximum absolute atomic E-state index is 13.0. The summed E-state index contributed by atoms with van der Waals surface area (Å²) in [6.07, 6.45) is 1.45. The minimum Gasteiger partial charge on any atom is -0.351 e. The average molecular weight is 440 g/mol. The number of amides is 1. The molecule has 1 amide bonds. The van der Waals surface area contributed by atoms with Crippen molar-refractivity contribution >= 4 is 32.7 Å². The first-order valence-electron chi connectivity index (χ1n) is 9.77. The van der Waals surface area contributed by atoms with Gasteiger partial charge in [-0.25, -0.2) is 4.98 Å². The number of nitrogens with one attached hydrogen (secondary N) is 2. The van der Waals surface area contributed by atoms with E-state index < -0.39 is 10.0 Å². The number of sulfonamides is 1. The van der Waals surface area contributed by atoms with E-state index in [-0.39, 0.29) is 16.8 Å². The molecule has 1 aliphatic heterocycles. The number of benzene rings is 1. The Morgan fingerprint density at radius 3 is 2.74 bits per heavy atom. The first kappa shape index (κ1) is 19.4. The molecule has 0 saturated heterocycles. The molecular weight excluding hydrogens is 418 g/mol. The van der Waals surface area contributed by atoms with Gasteiger partial charge in [-0.2, -0.15) is 13.5 Å². The van der Waals surface area contributed by atoms with E-state index in [0.717, 1.165) is 16.6 Å². The Balaban J connectivity index is 1.34. The summed E-state index contributed by atoms with van der Waals surface area (Å²) in [6.45, 7) is 3.03. The van der Waals surface area contributed by atoms with Gasteiger partial charge in [0.25, 0.3) is 15.9 Å². The monoisotopic (exact) mass is 439 g/mol. The number of carbonyl (C=O) groups is 1. The highest BCUT2D eigenvalue weighted by Gasteiger charge is 2.26. The Morgan fingerprint density at radius 2 is 2.00 bits per heavy atom. The van der Waals surface area contributed by atoms with Crippen molar-refractivity contribution in [3.63, 3.8) is 0 Å². The third-order valence-corrected chi connectivity index (χ3v) is 6.67. The second-order valence-electron chi connectivity index (χ2n) is 7.58. The molecule has 10 nitrogen and oxygen atoms in total. The van der Waals surface area contributed by atoms with Gasteiger partial charge in [-0.1, -0.05) is 18.2 Å². The number of hydrogen-bond donors (Lipinski definition) is 2. The molecule has 1 aromatic carbocycles. The lowest BCUT2D eigenvalue weighted by Gasteiger charge is -2.27. The third-order valence-electron chi connectivity index (χ3n) is 5.45. The lowest BCUT2D eigenvalue weighted by atomic mass is 10.2. The van der Waals surface area contributed by atoms with Gasteiger partial charge in [0, 0.05) is 36.8 Å². The van der Waals surface area contributed by atoms with Crippen LogP contribution in [0.25, 0.3) is 10.9 Å².